The highest BCUT2D eigenvalue weighted by Gasteiger charge is 2.21. The zero-order valence-electron chi connectivity index (χ0n) is 20.8. The Bertz CT molecular complexity index is 856. The third-order valence-corrected chi connectivity index (χ3v) is 5.63. The summed E-state index contributed by atoms with van der Waals surface area (Å²) >= 11 is 0. The molecule has 0 bridgehead atoms. The van der Waals surface area contributed by atoms with Gasteiger partial charge in [0.15, 0.2) is 5.96 Å². The van der Waals surface area contributed by atoms with E-state index in [4.69, 9.17) is 9.73 Å². The molecule has 0 saturated carbocycles. The van der Waals surface area contributed by atoms with E-state index in [1.54, 1.807) is 0 Å². The maximum absolute atomic E-state index is 5.84. The fourth-order valence-corrected chi connectivity index (χ4v) is 4.27. The van der Waals surface area contributed by atoms with Gasteiger partial charge in [0.05, 0.1) is 24.4 Å². The largest absolute Gasteiger partial charge is 0.373 e. The maximum atomic E-state index is 5.84. The van der Waals surface area contributed by atoms with Crippen LogP contribution in [0.1, 0.15) is 49.7 Å². The zero-order chi connectivity index (χ0) is 22.9. The highest BCUT2D eigenvalue weighted by Crippen LogP contribution is 2.15. The molecule has 2 unspecified atom stereocenters. The lowest BCUT2D eigenvalue weighted by atomic mass is 10.1. The van der Waals surface area contributed by atoms with Crippen LogP contribution in [0.5, 0.6) is 0 Å². The van der Waals surface area contributed by atoms with Crippen molar-refractivity contribution >= 4 is 29.9 Å². The molecule has 2 atom stereocenters. The van der Waals surface area contributed by atoms with Crippen LogP contribution in [0.15, 0.2) is 35.3 Å². The van der Waals surface area contributed by atoms with Crippen molar-refractivity contribution < 1.29 is 4.74 Å². The smallest absolute Gasteiger partial charge is 0.191 e. The number of aromatic nitrogens is 2. The van der Waals surface area contributed by atoms with Crippen LogP contribution >= 0.6 is 24.0 Å². The van der Waals surface area contributed by atoms with Crippen molar-refractivity contribution in [3.63, 3.8) is 0 Å². The van der Waals surface area contributed by atoms with Gasteiger partial charge in [-0.25, -0.2) is 4.99 Å². The fourth-order valence-electron chi connectivity index (χ4n) is 4.27. The SMILES string of the molecule is CCNC(=NCc1ccc(CN2CC(C)OC(C)C2)cc1)NCCCn1nc(C)cc1C.I. The molecule has 1 aliphatic heterocycles. The van der Waals surface area contributed by atoms with Crippen LogP contribution in [0.2, 0.25) is 0 Å². The van der Waals surface area contributed by atoms with Gasteiger partial charge >= 0.3 is 0 Å². The van der Waals surface area contributed by atoms with Crippen molar-refractivity contribution in [3.05, 3.63) is 52.8 Å². The van der Waals surface area contributed by atoms with Crippen LogP contribution in [0.25, 0.3) is 0 Å². The van der Waals surface area contributed by atoms with Gasteiger partial charge in [0.2, 0.25) is 0 Å². The monoisotopic (exact) mass is 568 g/mol. The molecule has 184 valence electrons. The Morgan fingerprint density at radius 3 is 2.36 bits per heavy atom. The van der Waals surface area contributed by atoms with E-state index in [1.807, 2.05) is 6.92 Å². The van der Waals surface area contributed by atoms with E-state index in [-0.39, 0.29) is 24.0 Å². The number of ether oxygens (including phenoxy) is 1. The van der Waals surface area contributed by atoms with Crippen LogP contribution in [0.3, 0.4) is 0 Å². The molecule has 2 aromatic rings. The lowest BCUT2D eigenvalue weighted by molar-refractivity contribution is -0.0704. The average molecular weight is 569 g/mol. The quantitative estimate of drug-likeness (QED) is 0.208. The number of guanidine groups is 1. The summed E-state index contributed by atoms with van der Waals surface area (Å²) in [5.41, 5.74) is 4.85. The number of aryl methyl sites for hydroxylation is 3. The predicted octanol–water partition coefficient (Wildman–Crippen LogP) is 3.87. The van der Waals surface area contributed by atoms with E-state index in [1.165, 1.54) is 16.8 Å². The molecule has 33 heavy (non-hydrogen) atoms. The van der Waals surface area contributed by atoms with Gasteiger partial charge in [-0.05, 0) is 58.2 Å². The summed E-state index contributed by atoms with van der Waals surface area (Å²) in [5.74, 6) is 0.862. The topological polar surface area (TPSA) is 66.7 Å². The van der Waals surface area contributed by atoms with Gasteiger partial charge in [-0.1, -0.05) is 24.3 Å². The number of nitrogens with one attached hydrogen (secondary N) is 2. The van der Waals surface area contributed by atoms with Crippen molar-refractivity contribution in [1.29, 1.82) is 0 Å². The second kappa shape index (κ2) is 13.9. The van der Waals surface area contributed by atoms with Gasteiger partial charge in [-0.2, -0.15) is 5.10 Å². The number of rotatable bonds is 9. The third kappa shape index (κ3) is 9.25. The molecule has 1 aromatic heterocycles. The minimum Gasteiger partial charge on any atom is -0.373 e. The van der Waals surface area contributed by atoms with Gasteiger partial charge in [0, 0.05) is 45.0 Å². The number of hydrogen-bond acceptors (Lipinski definition) is 4. The van der Waals surface area contributed by atoms with E-state index >= 15 is 0 Å². The number of hydrogen-bond donors (Lipinski definition) is 2. The molecule has 3 rings (SSSR count). The fraction of sp³-hybridized carbons (Fsp3) is 0.600. The standard InChI is InChI=1S/C25H40N6O.HI/c1-6-26-25(27-12-7-13-31-20(3)14-19(2)29-31)28-15-23-8-10-24(11-9-23)18-30-16-21(4)32-22(5)17-30;/h8-11,14,21-22H,6-7,12-13,15-18H2,1-5H3,(H2,26,27,28);1H. The van der Waals surface area contributed by atoms with Crippen molar-refractivity contribution in [2.24, 2.45) is 4.99 Å². The van der Waals surface area contributed by atoms with E-state index < -0.39 is 0 Å². The maximum Gasteiger partial charge on any atom is 0.191 e. The summed E-state index contributed by atoms with van der Waals surface area (Å²) in [7, 11) is 0. The lowest BCUT2D eigenvalue weighted by Gasteiger charge is -2.35. The molecule has 2 N–H and O–H groups in total. The molecule has 1 fully saturated rings. The molecular weight excluding hydrogens is 527 g/mol. The first-order valence-electron chi connectivity index (χ1n) is 11.9. The Hall–Kier alpha value is -1.65. The highest BCUT2D eigenvalue weighted by molar-refractivity contribution is 14.0. The molecule has 0 spiro atoms. The van der Waals surface area contributed by atoms with Crippen LogP contribution in [-0.4, -0.2) is 59.0 Å². The Kier molecular flexibility index (Phi) is 11.6. The van der Waals surface area contributed by atoms with Crippen LogP contribution in [0.4, 0.5) is 0 Å². The number of aliphatic imine (C=N–C) groups is 1. The van der Waals surface area contributed by atoms with Crippen LogP contribution < -0.4 is 10.6 Å². The zero-order valence-corrected chi connectivity index (χ0v) is 23.1. The minimum atomic E-state index is 0. The molecule has 7 nitrogen and oxygen atoms in total. The molecule has 0 amide bonds. The summed E-state index contributed by atoms with van der Waals surface area (Å²) in [6, 6.07) is 11.0. The molecule has 2 heterocycles. The van der Waals surface area contributed by atoms with Gasteiger partial charge in [0.25, 0.3) is 0 Å². The molecule has 0 radical (unpaired) electrons. The summed E-state index contributed by atoms with van der Waals surface area (Å²) < 4.78 is 7.91. The molecule has 0 aliphatic carbocycles. The molecular formula is C25H41IN6O. The minimum absolute atomic E-state index is 0. The second-order valence-electron chi connectivity index (χ2n) is 8.89. The number of nitrogens with zero attached hydrogens (tertiary/aromatic N) is 4. The van der Waals surface area contributed by atoms with E-state index in [0.29, 0.717) is 18.8 Å². The molecule has 1 saturated heterocycles. The van der Waals surface area contributed by atoms with Crippen molar-refractivity contribution in [3.8, 4) is 0 Å². The van der Waals surface area contributed by atoms with E-state index in [2.05, 4.69) is 83.3 Å². The van der Waals surface area contributed by atoms with Crippen LogP contribution in [0, 0.1) is 13.8 Å². The normalized spacial score (nSPS) is 19.2. The second-order valence-corrected chi connectivity index (χ2v) is 8.89. The first kappa shape index (κ1) is 27.6. The van der Waals surface area contributed by atoms with Gasteiger partial charge in [-0.15, -0.1) is 24.0 Å². The van der Waals surface area contributed by atoms with Gasteiger partial charge in [-0.3, -0.25) is 9.58 Å². The summed E-state index contributed by atoms with van der Waals surface area (Å²) in [5, 5.41) is 11.3. The Balaban J connectivity index is 0.00000385. The summed E-state index contributed by atoms with van der Waals surface area (Å²) in [6.07, 6.45) is 1.61. The number of morpholine rings is 1. The van der Waals surface area contributed by atoms with Gasteiger partial charge < -0.3 is 15.4 Å². The van der Waals surface area contributed by atoms with E-state index in [9.17, 15) is 0 Å². The van der Waals surface area contributed by atoms with Crippen LogP contribution in [-0.2, 0) is 24.4 Å². The van der Waals surface area contributed by atoms with Crippen molar-refractivity contribution in [2.75, 3.05) is 26.2 Å². The average Bonchev–Trinajstić information content (AvgIpc) is 3.06. The predicted molar refractivity (Wildman–Crippen MR) is 146 cm³/mol. The first-order chi connectivity index (χ1) is 15.4. The van der Waals surface area contributed by atoms with E-state index in [0.717, 1.165) is 57.3 Å². The lowest BCUT2D eigenvalue weighted by Crippen LogP contribution is -2.44. The summed E-state index contributed by atoms with van der Waals surface area (Å²) in [4.78, 5) is 7.24. The number of halogens is 1. The highest BCUT2D eigenvalue weighted by atomic mass is 127. The Morgan fingerprint density at radius 1 is 1.09 bits per heavy atom. The molecule has 1 aliphatic rings. The van der Waals surface area contributed by atoms with Gasteiger partial charge in [0.1, 0.15) is 0 Å². The third-order valence-electron chi connectivity index (χ3n) is 5.63. The van der Waals surface area contributed by atoms with Crippen molar-refractivity contribution in [1.82, 2.24) is 25.3 Å². The number of benzene rings is 1. The Morgan fingerprint density at radius 2 is 1.76 bits per heavy atom. The summed E-state index contributed by atoms with van der Waals surface area (Å²) in [6.45, 7) is 16.8. The van der Waals surface area contributed by atoms with Crippen molar-refractivity contribution in [2.45, 2.75) is 72.9 Å². The Labute approximate surface area is 216 Å². The first-order valence-corrected chi connectivity index (χ1v) is 11.9. The molecule has 1 aromatic carbocycles. The molecule has 8 heteroatoms.